The number of aliphatic imine (C=N–C) groups is 1. The summed E-state index contributed by atoms with van der Waals surface area (Å²) in [6.07, 6.45) is 2.97. The van der Waals surface area contributed by atoms with Crippen LogP contribution in [0.4, 0.5) is 0 Å². The number of rotatable bonds is 4. The molecule has 1 aromatic heterocycles. The summed E-state index contributed by atoms with van der Waals surface area (Å²) in [6, 6.07) is 13.1. The molecule has 2 aromatic rings. The molecule has 130 valence electrons. The number of halogens is 1. The molecule has 3 heterocycles. The molecule has 1 saturated heterocycles. The molecule has 3 atom stereocenters. The predicted octanol–water partition coefficient (Wildman–Crippen LogP) is 4.83. The van der Waals surface area contributed by atoms with Crippen LogP contribution in [0.1, 0.15) is 36.7 Å². The first kappa shape index (κ1) is 16.9. The van der Waals surface area contributed by atoms with E-state index in [1.54, 1.807) is 7.11 Å². The SMILES string of the molecule is CC[C@H]1CSC2=N[C@@H](c3ccccn3)[C@@H](c3ccc(OC)c(Br)c3)N21. The smallest absolute Gasteiger partial charge is 0.160 e. The summed E-state index contributed by atoms with van der Waals surface area (Å²) in [6.45, 7) is 2.25. The first-order valence-electron chi connectivity index (χ1n) is 8.46. The molecule has 0 N–H and O–H groups in total. The lowest BCUT2D eigenvalue weighted by atomic mass is 9.95. The van der Waals surface area contributed by atoms with Gasteiger partial charge in [-0.05, 0) is 52.2 Å². The summed E-state index contributed by atoms with van der Waals surface area (Å²) in [5, 5.41) is 1.15. The second-order valence-electron chi connectivity index (χ2n) is 6.23. The number of nitrogens with zero attached hydrogens (tertiary/aromatic N) is 3. The van der Waals surface area contributed by atoms with Crippen molar-refractivity contribution in [3.05, 3.63) is 58.3 Å². The van der Waals surface area contributed by atoms with Crippen molar-refractivity contribution in [2.75, 3.05) is 12.9 Å². The minimum Gasteiger partial charge on any atom is -0.496 e. The fourth-order valence-corrected chi connectivity index (χ4v) is 5.47. The van der Waals surface area contributed by atoms with Gasteiger partial charge >= 0.3 is 0 Å². The van der Waals surface area contributed by atoms with Gasteiger partial charge in [0.2, 0.25) is 0 Å². The highest BCUT2D eigenvalue weighted by molar-refractivity contribution is 9.10. The van der Waals surface area contributed by atoms with Crippen LogP contribution in [0.3, 0.4) is 0 Å². The van der Waals surface area contributed by atoms with Crippen molar-refractivity contribution < 1.29 is 4.74 Å². The standard InChI is InChI=1S/C19H20BrN3OS/c1-3-13-11-25-19-22-17(15-6-4-5-9-21-15)18(23(13)19)12-7-8-16(24-2)14(20)10-12/h4-10,13,17-18H,3,11H2,1-2H3/t13-,17-,18+/m0/s1. The molecule has 0 saturated carbocycles. The van der Waals surface area contributed by atoms with Crippen molar-refractivity contribution in [2.24, 2.45) is 4.99 Å². The number of hydrogen-bond donors (Lipinski definition) is 0. The zero-order chi connectivity index (χ0) is 17.4. The fourth-order valence-electron chi connectivity index (χ4n) is 3.58. The van der Waals surface area contributed by atoms with Gasteiger partial charge in [-0.3, -0.25) is 9.98 Å². The van der Waals surface area contributed by atoms with Crippen molar-refractivity contribution in [3.8, 4) is 5.75 Å². The molecule has 6 heteroatoms. The maximum atomic E-state index is 5.40. The minimum absolute atomic E-state index is 0.0262. The van der Waals surface area contributed by atoms with Gasteiger partial charge in [-0.25, -0.2) is 0 Å². The molecule has 4 rings (SSSR count). The zero-order valence-corrected chi connectivity index (χ0v) is 16.6. The van der Waals surface area contributed by atoms with Crippen LogP contribution in [0, 0.1) is 0 Å². The molecular weight excluding hydrogens is 398 g/mol. The van der Waals surface area contributed by atoms with Crippen LogP contribution in [0.2, 0.25) is 0 Å². The van der Waals surface area contributed by atoms with Crippen LogP contribution in [0.5, 0.6) is 5.75 Å². The third kappa shape index (κ3) is 2.95. The number of benzene rings is 1. The van der Waals surface area contributed by atoms with E-state index in [-0.39, 0.29) is 12.1 Å². The van der Waals surface area contributed by atoms with Crippen LogP contribution in [0.25, 0.3) is 0 Å². The van der Waals surface area contributed by atoms with Gasteiger partial charge < -0.3 is 9.64 Å². The van der Waals surface area contributed by atoms with Crippen LogP contribution in [0.15, 0.2) is 52.1 Å². The van der Waals surface area contributed by atoms with Crippen molar-refractivity contribution in [1.29, 1.82) is 0 Å². The zero-order valence-electron chi connectivity index (χ0n) is 14.2. The van der Waals surface area contributed by atoms with E-state index in [0.29, 0.717) is 6.04 Å². The number of fused-ring (bicyclic) bond motifs is 1. The van der Waals surface area contributed by atoms with E-state index in [9.17, 15) is 0 Å². The molecule has 4 nitrogen and oxygen atoms in total. The van der Waals surface area contributed by atoms with Crippen molar-refractivity contribution >= 4 is 32.9 Å². The lowest BCUT2D eigenvalue weighted by Gasteiger charge is -2.32. The Kier molecular flexibility index (Phi) is 4.73. The lowest BCUT2D eigenvalue weighted by Crippen LogP contribution is -2.35. The number of pyridine rings is 1. The highest BCUT2D eigenvalue weighted by Gasteiger charge is 2.45. The molecule has 0 bridgehead atoms. The van der Waals surface area contributed by atoms with Crippen LogP contribution in [-0.2, 0) is 0 Å². The Balaban J connectivity index is 1.79. The topological polar surface area (TPSA) is 37.7 Å². The summed E-state index contributed by atoms with van der Waals surface area (Å²) in [4.78, 5) is 12.1. The van der Waals surface area contributed by atoms with E-state index in [2.05, 4.69) is 50.9 Å². The number of methoxy groups -OCH3 is 1. The summed E-state index contributed by atoms with van der Waals surface area (Å²) >= 11 is 5.50. The maximum absolute atomic E-state index is 5.40. The first-order chi connectivity index (χ1) is 12.2. The Hall–Kier alpha value is -1.53. The second-order valence-corrected chi connectivity index (χ2v) is 8.07. The normalized spacial score (nSPS) is 25.0. The summed E-state index contributed by atoms with van der Waals surface area (Å²) in [5.74, 6) is 1.96. The highest BCUT2D eigenvalue weighted by Crippen LogP contribution is 2.49. The Bertz CT molecular complexity index is 799. The van der Waals surface area contributed by atoms with E-state index in [0.717, 1.165) is 33.3 Å². The molecule has 0 aliphatic carbocycles. The molecule has 1 aromatic carbocycles. The number of ether oxygens (including phenoxy) is 1. The highest BCUT2D eigenvalue weighted by atomic mass is 79.9. The van der Waals surface area contributed by atoms with Gasteiger partial charge in [0.1, 0.15) is 11.8 Å². The van der Waals surface area contributed by atoms with E-state index in [1.807, 2.05) is 36.2 Å². The Morgan fingerprint density at radius 3 is 2.88 bits per heavy atom. The van der Waals surface area contributed by atoms with Gasteiger partial charge in [0.05, 0.1) is 23.3 Å². The van der Waals surface area contributed by atoms with Crippen molar-refractivity contribution in [2.45, 2.75) is 31.5 Å². The van der Waals surface area contributed by atoms with E-state index >= 15 is 0 Å². The van der Waals surface area contributed by atoms with Gasteiger partial charge in [0.25, 0.3) is 0 Å². The van der Waals surface area contributed by atoms with Crippen LogP contribution < -0.4 is 4.74 Å². The van der Waals surface area contributed by atoms with Gasteiger partial charge in [-0.2, -0.15) is 0 Å². The monoisotopic (exact) mass is 417 g/mol. The molecule has 2 aliphatic heterocycles. The van der Waals surface area contributed by atoms with Crippen molar-refractivity contribution in [3.63, 3.8) is 0 Å². The minimum atomic E-state index is 0.0262. The number of thioether (sulfide) groups is 1. The second kappa shape index (κ2) is 7.00. The number of aromatic nitrogens is 1. The molecule has 0 amide bonds. The number of hydrogen-bond acceptors (Lipinski definition) is 5. The van der Waals surface area contributed by atoms with E-state index in [1.165, 1.54) is 5.56 Å². The Morgan fingerprint density at radius 2 is 2.20 bits per heavy atom. The first-order valence-corrected chi connectivity index (χ1v) is 10.2. The van der Waals surface area contributed by atoms with Crippen LogP contribution >= 0.6 is 27.7 Å². The summed E-state index contributed by atoms with van der Waals surface area (Å²) in [7, 11) is 1.69. The van der Waals surface area contributed by atoms with Crippen molar-refractivity contribution in [1.82, 2.24) is 9.88 Å². The molecule has 0 unspecified atom stereocenters. The van der Waals surface area contributed by atoms with Crippen LogP contribution in [-0.4, -0.2) is 34.0 Å². The van der Waals surface area contributed by atoms with E-state index in [4.69, 9.17) is 9.73 Å². The number of amidine groups is 1. The molecule has 25 heavy (non-hydrogen) atoms. The third-order valence-electron chi connectivity index (χ3n) is 4.85. The summed E-state index contributed by atoms with van der Waals surface area (Å²) in [5.41, 5.74) is 2.26. The van der Waals surface area contributed by atoms with E-state index < -0.39 is 0 Å². The third-order valence-corrected chi connectivity index (χ3v) is 6.59. The fraction of sp³-hybridized carbons (Fsp3) is 0.368. The Labute approximate surface area is 160 Å². The van der Waals surface area contributed by atoms with Gasteiger partial charge in [-0.1, -0.05) is 30.8 Å². The van der Waals surface area contributed by atoms with Gasteiger partial charge in [-0.15, -0.1) is 0 Å². The molecule has 2 aliphatic rings. The molecular formula is C19H20BrN3OS. The Morgan fingerprint density at radius 1 is 1.32 bits per heavy atom. The lowest BCUT2D eigenvalue weighted by molar-refractivity contribution is 0.255. The largest absolute Gasteiger partial charge is 0.496 e. The van der Waals surface area contributed by atoms with Gasteiger partial charge in [0, 0.05) is 18.0 Å². The molecule has 1 fully saturated rings. The molecule has 0 radical (unpaired) electrons. The summed E-state index contributed by atoms with van der Waals surface area (Å²) < 4.78 is 6.37. The van der Waals surface area contributed by atoms with Gasteiger partial charge in [0.15, 0.2) is 5.17 Å². The molecule has 0 spiro atoms. The average molecular weight is 418 g/mol. The average Bonchev–Trinajstić information content (AvgIpc) is 3.21. The predicted molar refractivity (Wildman–Crippen MR) is 106 cm³/mol. The maximum Gasteiger partial charge on any atom is 0.160 e. The quantitative estimate of drug-likeness (QED) is 0.713.